The Morgan fingerprint density at radius 1 is 1.13 bits per heavy atom. The van der Waals surface area contributed by atoms with Crippen molar-refractivity contribution >= 4 is 11.7 Å². The number of benzene rings is 2. The molecule has 4 rings (SSSR count). The zero-order valence-electron chi connectivity index (χ0n) is 18.0. The van der Waals surface area contributed by atoms with Crippen molar-refractivity contribution in [1.82, 2.24) is 15.0 Å². The molecule has 0 atom stereocenters. The first-order valence-corrected chi connectivity index (χ1v) is 10.7. The zero-order valence-corrected chi connectivity index (χ0v) is 18.0. The Labute approximate surface area is 182 Å². The number of amides is 2. The highest BCUT2D eigenvalue weighted by Gasteiger charge is 2.28. The van der Waals surface area contributed by atoms with Crippen LogP contribution in [0, 0.1) is 6.92 Å². The van der Waals surface area contributed by atoms with Gasteiger partial charge in [0.15, 0.2) is 0 Å². The number of hydrogen-bond donors (Lipinski definition) is 1. The third-order valence-electron chi connectivity index (χ3n) is 5.71. The second-order valence-electron chi connectivity index (χ2n) is 7.93. The van der Waals surface area contributed by atoms with Crippen LogP contribution in [0.1, 0.15) is 43.6 Å². The molecule has 0 unspecified atom stereocenters. The first-order chi connectivity index (χ1) is 15.1. The van der Waals surface area contributed by atoms with Crippen LogP contribution in [0.25, 0.3) is 11.4 Å². The summed E-state index contributed by atoms with van der Waals surface area (Å²) in [5.41, 5.74) is 2.70. The molecule has 0 radical (unpaired) electrons. The number of nitrogens with zero attached hydrogens (tertiary/aromatic N) is 3. The molecule has 2 amide bonds. The van der Waals surface area contributed by atoms with E-state index in [1.807, 2.05) is 60.4 Å². The van der Waals surface area contributed by atoms with Crippen LogP contribution < -0.4 is 10.1 Å². The van der Waals surface area contributed by atoms with Crippen molar-refractivity contribution in [2.45, 2.75) is 51.6 Å². The topological polar surface area (TPSA) is 80.5 Å². The average molecular weight is 421 g/mol. The van der Waals surface area contributed by atoms with Crippen LogP contribution in [-0.4, -0.2) is 34.2 Å². The summed E-state index contributed by atoms with van der Waals surface area (Å²) >= 11 is 0. The van der Waals surface area contributed by atoms with E-state index in [0.717, 1.165) is 31.2 Å². The van der Waals surface area contributed by atoms with E-state index in [1.54, 1.807) is 7.11 Å². The molecule has 1 aromatic heterocycles. The second kappa shape index (κ2) is 9.64. The molecule has 0 spiro atoms. The van der Waals surface area contributed by atoms with Crippen molar-refractivity contribution < 1.29 is 14.1 Å². The van der Waals surface area contributed by atoms with Crippen molar-refractivity contribution in [3.63, 3.8) is 0 Å². The maximum Gasteiger partial charge on any atom is 0.322 e. The predicted octanol–water partition coefficient (Wildman–Crippen LogP) is 5.42. The molecular weight excluding hydrogens is 392 g/mol. The fourth-order valence-corrected chi connectivity index (χ4v) is 3.98. The van der Waals surface area contributed by atoms with Crippen LogP contribution in [0.5, 0.6) is 5.75 Å². The highest BCUT2D eigenvalue weighted by molar-refractivity contribution is 5.91. The standard InChI is InChI=1S/C24H28N4O3/c1-17-12-14-18(15-13-17)23-26-22(31-27-23)16-28(19-8-4-3-5-9-19)24(29)25-20-10-6-7-11-21(20)30-2/h6-7,10-15,19H,3-5,8-9,16H2,1-2H3,(H,25,29). The molecule has 1 fully saturated rings. The number of nitrogens with one attached hydrogen (secondary N) is 1. The summed E-state index contributed by atoms with van der Waals surface area (Å²) < 4.78 is 10.9. The van der Waals surface area contributed by atoms with Gasteiger partial charge in [0.1, 0.15) is 12.3 Å². The summed E-state index contributed by atoms with van der Waals surface area (Å²) in [5, 5.41) is 7.12. The van der Waals surface area contributed by atoms with E-state index >= 15 is 0 Å². The summed E-state index contributed by atoms with van der Waals surface area (Å²) in [5.74, 6) is 1.58. The van der Waals surface area contributed by atoms with Crippen molar-refractivity contribution in [1.29, 1.82) is 0 Å². The van der Waals surface area contributed by atoms with Gasteiger partial charge in [-0.05, 0) is 31.9 Å². The van der Waals surface area contributed by atoms with E-state index < -0.39 is 0 Å². The van der Waals surface area contributed by atoms with E-state index in [-0.39, 0.29) is 18.6 Å². The third kappa shape index (κ3) is 5.05. The number of methoxy groups -OCH3 is 1. The second-order valence-corrected chi connectivity index (χ2v) is 7.93. The van der Waals surface area contributed by atoms with Gasteiger partial charge < -0.3 is 19.5 Å². The maximum atomic E-state index is 13.3. The number of hydrogen-bond acceptors (Lipinski definition) is 5. The van der Waals surface area contributed by atoms with Crippen LogP contribution >= 0.6 is 0 Å². The monoisotopic (exact) mass is 420 g/mol. The first-order valence-electron chi connectivity index (χ1n) is 10.7. The summed E-state index contributed by atoms with van der Waals surface area (Å²) in [6.07, 6.45) is 5.37. The molecule has 1 N–H and O–H groups in total. The van der Waals surface area contributed by atoms with Gasteiger partial charge in [-0.25, -0.2) is 4.79 Å². The van der Waals surface area contributed by atoms with Gasteiger partial charge in [-0.1, -0.05) is 66.4 Å². The molecule has 1 aliphatic rings. The molecule has 0 bridgehead atoms. The van der Waals surface area contributed by atoms with Gasteiger partial charge in [0.05, 0.1) is 12.8 Å². The minimum absolute atomic E-state index is 0.137. The van der Waals surface area contributed by atoms with E-state index in [9.17, 15) is 4.79 Å². The summed E-state index contributed by atoms with van der Waals surface area (Å²) in [7, 11) is 1.59. The van der Waals surface area contributed by atoms with Crippen LogP contribution in [0.4, 0.5) is 10.5 Å². The van der Waals surface area contributed by atoms with Gasteiger partial charge in [-0.2, -0.15) is 4.98 Å². The Morgan fingerprint density at radius 3 is 2.61 bits per heavy atom. The van der Waals surface area contributed by atoms with Crippen LogP contribution in [0.2, 0.25) is 0 Å². The lowest BCUT2D eigenvalue weighted by Gasteiger charge is -2.33. The quantitative estimate of drug-likeness (QED) is 0.576. The van der Waals surface area contributed by atoms with E-state index in [1.165, 1.54) is 12.0 Å². The number of carbonyl (C=O) groups is 1. The molecule has 1 aliphatic carbocycles. The molecule has 1 saturated carbocycles. The Hall–Kier alpha value is -3.35. The van der Waals surface area contributed by atoms with Gasteiger partial charge >= 0.3 is 6.03 Å². The maximum absolute atomic E-state index is 13.3. The number of para-hydroxylation sites is 2. The first kappa shape index (κ1) is 20.9. The molecule has 162 valence electrons. The zero-order chi connectivity index (χ0) is 21.6. The molecule has 1 heterocycles. The number of urea groups is 1. The summed E-state index contributed by atoms with van der Waals surface area (Å²) in [6, 6.07) is 15.3. The molecule has 3 aromatic rings. The molecule has 7 nitrogen and oxygen atoms in total. The van der Waals surface area contributed by atoms with Gasteiger partial charge in [0.2, 0.25) is 11.7 Å². The van der Waals surface area contributed by atoms with E-state index in [4.69, 9.17) is 9.26 Å². The lowest BCUT2D eigenvalue weighted by molar-refractivity contribution is 0.151. The predicted molar refractivity (Wildman–Crippen MR) is 119 cm³/mol. The number of ether oxygens (including phenoxy) is 1. The van der Waals surface area contributed by atoms with Crippen LogP contribution in [-0.2, 0) is 6.54 Å². The fourth-order valence-electron chi connectivity index (χ4n) is 3.98. The lowest BCUT2D eigenvalue weighted by atomic mass is 9.94. The SMILES string of the molecule is COc1ccccc1NC(=O)N(Cc1nc(-c2ccc(C)cc2)no1)C1CCCCC1. The minimum Gasteiger partial charge on any atom is -0.495 e. The van der Waals surface area contributed by atoms with Crippen molar-refractivity contribution in [2.24, 2.45) is 0 Å². The van der Waals surface area contributed by atoms with E-state index in [0.29, 0.717) is 23.2 Å². The number of carbonyl (C=O) groups excluding carboxylic acids is 1. The highest BCUT2D eigenvalue weighted by atomic mass is 16.5. The molecular formula is C24H28N4O3. The number of anilines is 1. The normalized spacial score (nSPS) is 14.3. The van der Waals surface area contributed by atoms with Crippen molar-refractivity contribution in [3.05, 3.63) is 60.0 Å². The smallest absolute Gasteiger partial charge is 0.322 e. The van der Waals surface area contributed by atoms with Gasteiger partial charge in [0, 0.05) is 11.6 Å². The Bertz CT molecular complexity index is 1010. The average Bonchev–Trinajstić information content (AvgIpc) is 3.27. The molecule has 7 heteroatoms. The van der Waals surface area contributed by atoms with Gasteiger partial charge in [-0.15, -0.1) is 0 Å². The Kier molecular flexibility index (Phi) is 6.50. The Morgan fingerprint density at radius 2 is 1.87 bits per heavy atom. The van der Waals surface area contributed by atoms with Gasteiger partial charge in [0.25, 0.3) is 0 Å². The highest BCUT2D eigenvalue weighted by Crippen LogP contribution is 2.28. The minimum atomic E-state index is -0.188. The van der Waals surface area contributed by atoms with Gasteiger partial charge in [-0.3, -0.25) is 0 Å². The number of aryl methyl sites for hydroxylation is 1. The number of aromatic nitrogens is 2. The molecule has 0 aliphatic heterocycles. The summed E-state index contributed by atoms with van der Waals surface area (Å²) in [6.45, 7) is 2.30. The number of rotatable bonds is 6. The third-order valence-corrected chi connectivity index (χ3v) is 5.71. The molecule has 31 heavy (non-hydrogen) atoms. The molecule has 2 aromatic carbocycles. The lowest BCUT2D eigenvalue weighted by Crippen LogP contribution is -2.43. The largest absolute Gasteiger partial charge is 0.495 e. The van der Waals surface area contributed by atoms with E-state index in [2.05, 4.69) is 15.5 Å². The van der Waals surface area contributed by atoms with Crippen LogP contribution in [0.15, 0.2) is 53.1 Å². The Balaban J connectivity index is 1.54. The molecule has 0 saturated heterocycles. The fraction of sp³-hybridized carbons (Fsp3) is 0.375. The van der Waals surface area contributed by atoms with Crippen molar-refractivity contribution in [3.8, 4) is 17.1 Å². The van der Waals surface area contributed by atoms with Crippen molar-refractivity contribution in [2.75, 3.05) is 12.4 Å². The summed E-state index contributed by atoms with van der Waals surface area (Å²) in [4.78, 5) is 19.6. The van der Waals surface area contributed by atoms with Crippen LogP contribution in [0.3, 0.4) is 0 Å².